The first-order chi connectivity index (χ1) is 12.2. The maximum Gasteiger partial charge on any atom is 0.272 e. The van der Waals surface area contributed by atoms with E-state index in [9.17, 15) is 9.59 Å². The van der Waals surface area contributed by atoms with Crippen LogP contribution in [0.3, 0.4) is 0 Å². The standard InChI is InChI=1S/C19H16N4O2/c1-14(24)23-13-16(17-8-2-3-9-18(17)23)7-5-11-21-22-19(25)15-6-4-10-20-12-15/h2-13H,1H3,(H,22,25)/b7-5+,21-11+. The van der Waals surface area contributed by atoms with E-state index in [0.717, 1.165) is 16.5 Å². The number of carbonyl (C=O) groups is 2. The number of rotatable bonds is 4. The lowest BCUT2D eigenvalue weighted by Crippen LogP contribution is -2.17. The van der Waals surface area contributed by atoms with Crippen molar-refractivity contribution in [1.82, 2.24) is 15.0 Å². The molecule has 0 saturated heterocycles. The maximum atomic E-state index is 11.8. The Morgan fingerprint density at radius 3 is 2.80 bits per heavy atom. The number of nitrogens with one attached hydrogen (secondary N) is 1. The van der Waals surface area contributed by atoms with Crippen LogP contribution in [0.1, 0.15) is 27.6 Å². The lowest BCUT2D eigenvalue weighted by molar-refractivity contribution is 0.0937. The second-order valence-electron chi connectivity index (χ2n) is 5.31. The first kappa shape index (κ1) is 16.3. The minimum absolute atomic E-state index is 0.0479. The summed E-state index contributed by atoms with van der Waals surface area (Å²) in [6.45, 7) is 1.52. The second-order valence-corrected chi connectivity index (χ2v) is 5.31. The highest BCUT2D eigenvalue weighted by molar-refractivity contribution is 5.98. The molecule has 6 heteroatoms. The first-order valence-electron chi connectivity index (χ1n) is 7.68. The third kappa shape index (κ3) is 3.69. The minimum Gasteiger partial charge on any atom is -0.287 e. The van der Waals surface area contributed by atoms with E-state index >= 15 is 0 Å². The molecule has 1 amide bonds. The number of para-hydroxylation sites is 1. The van der Waals surface area contributed by atoms with E-state index < -0.39 is 0 Å². The molecule has 0 spiro atoms. The number of pyridine rings is 1. The predicted molar refractivity (Wildman–Crippen MR) is 97.5 cm³/mol. The predicted octanol–water partition coefficient (Wildman–Crippen LogP) is 3.13. The molecule has 1 N–H and O–H groups in total. The molecular weight excluding hydrogens is 316 g/mol. The van der Waals surface area contributed by atoms with Crippen molar-refractivity contribution in [3.05, 3.63) is 72.2 Å². The van der Waals surface area contributed by atoms with E-state index in [1.54, 1.807) is 35.2 Å². The number of carbonyl (C=O) groups excluding carboxylic acids is 2. The van der Waals surface area contributed by atoms with Gasteiger partial charge < -0.3 is 0 Å². The zero-order valence-electron chi connectivity index (χ0n) is 13.6. The molecule has 3 aromatic rings. The van der Waals surface area contributed by atoms with Crippen LogP contribution >= 0.6 is 0 Å². The van der Waals surface area contributed by atoms with E-state index in [1.807, 2.05) is 30.3 Å². The van der Waals surface area contributed by atoms with Gasteiger partial charge in [0.25, 0.3) is 5.91 Å². The van der Waals surface area contributed by atoms with Crippen LogP contribution in [0.25, 0.3) is 17.0 Å². The summed E-state index contributed by atoms with van der Waals surface area (Å²) < 4.78 is 1.61. The van der Waals surface area contributed by atoms with Crippen molar-refractivity contribution in [2.24, 2.45) is 5.10 Å². The summed E-state index contributed by atoms with van der Waals surface area (Å²) in [5, 5.41) is 4.85. The molecule has 0 atom stereocenters. The number of hydrazone groups is 1. The van der Waals surface area contributed by atoms with Gasteiger partial charge in [-0.1, -0.05) is 24.3 Å². The number of hydrogen-bond acceptors (Lipinski definition) is 4. The van der Waals surface area contributed by atoms with Gasteiger partial charge >= 0.3 is 0 Å². The molecule has 0 radical (unpaired) electrons. The topological polar surface area (TPSA) is 76.3 Å². The number of hydrogen-bond donors (Lipinski definition) is 1. The van der Waals surface area contributed by atoms with Crippen LogP contribution in [0.15, 0.2) is 66.2 Å². The lowest BCUT2D eigenvalue weighted by atomic mass is 10.1. The Balaban J connectivity index is 1.71. The molecule has 2 aromatic heterocycles. The number of amides is 1. The zero-order chi connectivity index (χ0) is 17.6. The Morgan fingerprint density at radius 1 is 1.20 bits per heavy atom. The fraction of sp³-hybridized carbons (Fsp3) is 0.0526. The normalized spacial score (nSPS) is 11.4. The fourth-order valence-corrected chi connectivity index (χ4v) is 2.45. The van der Waals surface area contributed by atoms with Gasteiger partial charge in [0.05, 0.1) is 11.1 Å². The van der Waals surface area contributed by atoms with E-state index in [0.29, 0.717) is 5.56 Å². The molecule has 0 aliphatic rings. The van der Waals surface area contributed by atoms with Crippen molar-refractivity contribution < 1.29 is 9.59 Å². The summed E-state index contributed by atoms with van der Waals surface area (Å²) in [5.74, 6) is -0.376. The average molecular weight is 332 g/mol. The van der Waals surface area contributed by atoms with Crippen LogP contribution in [-0.4, -0.2) is 27.6 Å². The Kier molecular flexibility index (Phi) is 4.80. The van der Waals surface area contributed by atoms with E-state index in [1.165, 1.54) is 19.3 Å². The molecule has 0 bridgehead atoms. The Hall–Kier alpha value is -3.54. The van der Waals surface area contributed by atoms with E-state index in [4.69, 9.17) is 0 Å². The SMILES string of the molecule is CC(=O)n1cc(/C=C/C=N/NC(=O)c2cccnc2)c2ccccc21. The third-order valence-corrected chi connectivity index (χ3v) is 3.61. The van der Waals surface area contributed by atoms with Crippen molar-refractivity contribution in [1.29, 1.82) is 0 Å². The van der Waals surface area contributed by atoms with Gasteiger partial charge in [0.2, 0.25) is 5.91 Å². The highest BCUT2D eigenvalue weighted by Crippen LogP contribution is 2.22. The first-order valence-corrected chi connectivity index (χ1v) is 7.68. The van der Waals surface area contributed by atoms with Gasteiger partial charge in [-0.05, 0) is 24.3 Å². The summed E-state index contributed by atoms with van der Waals surface area (Å²) in [4.78, 5) is 27.4. The zero-order valence-corrected chi connectivity index (χ0v) is 13.6. The molecule has 0 saturated carbocycles. The second kappa shape index (κ2) is 7.35. The molecule has 0 aliphatic heterocycles. The van der Waals surface area contributed by atoms with Crippen molar-refractivity contribution in [3.8, 4) is 0 Å². The summed E-state index contributed by atoms with van der Waals surface area (Å²) in [7, 11) is 0. The summed E-state index contributed by atoms with van der Waals surface area (Å²) in [5.41, 5.74) is 4.62. The molecule has 2 heterocycles. The van der Waals surface area contributed by atoms with Crippen LogP contribution in [0, 0.1) is 0 Å². The van der Waals surface area contributed by atoms with Gasteiger partial charge in [-0.25, -0.2) is 5.43 Å². The van der Waals surface area contributed by atoms with Gasteiger partial charge in [-0.15, -0.1) is 0 Å². The molecule has 1 aromatic carbocycles. The molecule has 0 unspecified atom stereocenters. The summed E-state index contributed by atoms with van der Waals surface area (Å²) in [6, 6.07) is 11.0. The number of benzene rings is 1. The lowest BCUT2D eigenvalue weighted by Gasteiger charge is -1.97. The van der Waals surface area contributed by atoms with Crippen molar-refractivity contribution in [3.63, 3.8) is 0 Å². The third-order valence-electron chi connectivity index (χ3n) is 3.61. The van der Waals surface area contributed by atoms with E-state index in [-0.39, 0.29) is 11.8 Å². The van der Waals surface area contributed by atoms with Gasteiger partial charge in [0.1, 0.15) is 0 Å². The molecule has 6 nitrogen and oxygen atoms in total. The largest absolute Gasteiger partial charge is 0.287 e. The fourth-order valence-electron chi connectivity index (χ4n) is 2.45. The van der Waals surface area contributed by atoms with Crippen LogP contribution < -0.4 is 5.43 Å². The van der Waals surface area contributed by atoms with Crippen molar-refractivity contribution in [2.45, 2.75) is 6.92 Å². The summed E-state index contributed by atoms with van der Waals surface area (Å²) in [6.07, 6.45) is 9.87. The molecule has 0 fully saturated rings. The Bertz CT molecular complexity index is 972. The Labute approximate surface area is 144 Å². The van der Waals surface area contributed by atoms with Gasteiger partial charge in [0, 0.05) is 42.7 Å². The van der Waals surface area contributed by atoms with Crippen LogP contribution in [-0.2, 0) is 0 Å². The van der Waals surface area contributed by atoms with Gasteiger partial charge in [-0.2, -0.15) is 5.10 Å². The highest BCUT2D eigenvalue weighted by atomic mass is 16.2. The van der Waals surface area contributed by atoms with Crippen LogP contribution in [0.2, 0.25) is 0 Å². The molecule has 25 heavy (non-hydrogen) atoms. The number of fused-ring (bicyclic) bond motifs is 1. The van der Waals surface area contributed by atoms with Crippen LogP contribution in [0.4, 0.5) is 0 Å². The number of allylic oxidation sites excluding steroid dienone is 1. The summed E-state index contributed by atoms with van der Waals surface area (Å²) >= 11 is 0. The molecule has 124 valence electrons. The van der Waals surface area contributed by atoms with E-state index in [2.05, 4.69) is 15.5 Å². The monoisotopic (exact) mass is 332 g/mol. The number of nitrogens with zero attached hydrogens (tertiary/aromatic N) is 3. The molecule has 3 rings (SSSR count). The van der Waals surface area contributed by atoms with Gasteiger partial charge in [-0.3, -0.25) is 19.1 Å². The number of aromatic nitrogens is 2. The van der Waals surface area contributed by atoms with Crippen molar-refractivity contribution in [2.75, 3.05) is 0 Å². The quantitative estimate of drug-likeness (QED) is 0.589. The minimum atomic E-state index is -0.328. The van der Waals surface area contributed by atoms with Crippen LogP contribution in [0.5, 0.6) is 0 Å². The Morgan fingerprint density at radius 2 is 2.04 bits per heavy atom. The average Bonchev–Trinajstić information content (AvgIpc) is 3.01. The van der Waals surface area contributed by atoms with Gasteiger partial charge in [0.15, 0.2) is 0 Å². The maximum absolute atomic E-state index is 11.8. The van der Waals surface area contributed by atoms with Crippen molar-refractivity contribution >= 4 is 35.0 Å². The highest BCUT2D eigenvalue weighted by Gasteiger charge is 2.08. The smallest absolute Gasteiger partial charge is 0.272 e. The molecular formula is C19H16N4O2. The molecule has 0 aliphatic carbocycles.